The number of rotatable bonds is 4. The molecule has 0 atom stereocenters. The van der Waals surface area contributed by atoms with Crippen molar-refractivity contribution in [3.05, 3.63) is 30.0 Å². The highest BCUT2D eigenvalue weighted by Crippen LogP contribution is 2.31. The second-order valence-electron chi connectivity index (χ2n) is 4.79. The van der Waals surface area contributed by atoms with Crippen molar-refractivity contribution in [2.24, 2.45) is 0 Å². The van der Waals surface area contributed by atoms with E-state index in [-0.39, 0.29) is 5.75 Å². The summed E-state index contributed by atoms with van der Waals surface area (Å²) in [6.07, 6.45) is 0. The number of hydrogen-bond donors (Lipinski definition) is 2. The topological polar surface area (TPSA) is 67.3 Å². The van der Waals surface area contributed by atoms with Gasteiger partial charge in [-0.05, 0) is 24.1 Å². The first-order valence-corrected chi connectivity index (χ1v) is 6.49. The normalized spacial score (nSPS) is 10.7. The maximum atomic E-state index is 9.86. The number of aromatic nitrogens is 2. The molecule has 0 saturated carbocycles. The Kier molecular flexibility index (Phi) is 4.08. The minimum atomic E-state index is 0.0783. The molecule has 0 spiro atoms. The van der Waals surface area contributed by atoms with Crippen molar-refractivity contribution >= 4 is 5.82 Å². The fourth-order valence-electron chi connectivity index (χ4n) is 1.85. The summed E-state index contributed by atoms with van der Waals surface area (Å²) in [6.45, 7) is 4.16. The van der Waals surface area contributed by atoms with Gasteiger partial charge in [0.25, 0.3) is 0 Å². The van der Waals surface area contributed by atoms with E-state index >= 15 is 0 Å². The van der Waals surface area contributed by atoms with E-state index in [0.29, 0.717) is 17.5 Å². The Morgan fingerprint density at radius 1 is 1.20 bits per heavy atom. The fourth-order valence-corrected chi connectivity index (χ4v) is 1.85. The van der Waals surface area contributed by atoms with Gasteiger partial charge in [0.2, 0.25) is 0 Å². The van der Waals surface area contributed by atoms with E-state index in [0.717, 1.165) is 17.1 Å². The molecule has 0 aliphatic carbocycles. The number of phenolic OH excluding ortho intramolecular Hbond substituents is 1. The number of benzene rings is 1. The fraction of sp³-hybridized carbons (Fsp3) is 0.333. The van der Waals surface area contributed by atoms with Gasteiger partial charge in [-0.15, -0.1) is 0 Å². The van der Waals surface area contributed by atoms with Gasteiger partial charge in [0.05, 0.1) is 7.11 Å². The van der Waals surface area contributed by atoms with Crippen LogP contribution in [-0.2, 0) is 0 Å². The summed E-state index contributed by atoms with van der Waals surface area (Å²) in [5.41, 5.74) is 1.71. The molecule has 2 aromatic rings. The van der Waals surface area contributed by atoms with Crippen molar-refractivity contribution in [2.45, 2.75) is 19.8 Å². The van der Waals surface area contributed by atoms with E-state index in [9.17, 15) is 5.11 Å². The molecule has 2 N–H and O–H groups in total. The van der Waals surface area contributed by atoms with E-state index in [1.54, 1.807) is 12.1 Å². The summed E-state index contributed by atoms with van der Waals surface area (Å²) in [4.78, 5) is 8.97. The Balaban J connectivity index is 2.51. The quantitative estimate of drug-likeness (QED) is 0.896. The number of aromatic hydroxyl groups is 1. The lowest BCUT2D eigenvalue weighted by atomic mass is 10.1. The van der Waals surface area contributed by atoms with Crippen molar-refractivity contribution in [1.82, 2.24) is 9.97 Å². The van der Waals surface area contributed by atoms with Crippen LogP contribution in [-0.4, -0.2) is 29.2 Å². The molecule has 1 aromatic carbocycles. The molecule has 0 aliphatic rings. The van der Waals surface area contributed by atoms with Crippen molar-refractivity contribution in [3.8, 4) is 22.9 Å². The van der Waals surface area contributed by atoms with Gasteiger partial charge in [-0.1, -0.05) is 13.8 Å². The summed E-state index contributed by atoms with van der Waals surface area (Å²) >= 11 is 0. The van der Waals surface area contributed by atoms with Crippen molar-refractivity contribution in [1.29, 1.82) is 0 Å². The molecule has 20 heavy (non-hydrogen) atoms. The molecular formula is C15H19N3O2. The van der Waals surface area contributed by atoms with E-state index in [1.165, 1.54) is 7.11 Å². The molecule has 5 heteroatoms. The highest BCUT2D eigenvalue weighted by atomic mass is 16.5. The number of ether oxygens (including phenoxy) is 1. The van der Waals surface area contributed by atoms with Crippen LogP contribution in [0.15, 0.2) is 24.3 Å². The van der Waals surface area contributed by atoms with Crippen LogP contribution >= 0.6 is 0 Å². The molecule has 0 fully saturated rings. The van der Waals surface area contributed by atoms with Crippen molar-refractivity contribution in [2.75, 3.05) is 19.5 Å². The lowest BCUT2D eigenvalue weighted by Crippen LogP contribution is -2.02. The highest BCUT2D eigenvalue weighted by molar-refractivity contribution is 5.62. The number of methoxy groups -OCH3 is 1. The van der Waals surface area contributed by atoms with Crippen LogP contribution < -0.4 is 10.1 Å². The van der Waals surface area contributed by atoms with Crippen LogP contribution in [0.2, 0.25) is 0 Å². The van der Waals surface area contributed by atoms with Gasteiger partial charge < -0.3 is 15.2 Å². The number of anilines is 1. The van der Waals surface area contributed by atoms with Gasteiger partial charge in [-0.3, -0.25) is 0 Å². The molecule has 0 unspecified atom stereocenters. The van der Waals surface area contributed by atoms with Gasteiger partial charge in [0.1, 0.15) is 5.82 Å². The number of nitrogens with one attached hydrogen (secondary N) is 1. The molecule has 0 aliphatic heterocycles. The van der Waals surface area contributed by atoms with Crippen LogP contribution in [0.5, 0.6) is 11.5 Å². The third-order valence-corrected chi connectivity index (χ3v) is 3.03. The van der Waals surface area contributed by atoms with Gasteiger partial charge in [0.15, 0.2) is 17.3 Å². The van der Waals surface area contributed by atoms with Gasteiger partial charge in [0, 0.05) is 24.4 Å². The zero-order valence-corrected chi connectivity index (χ0v) is 12.1. The van der Waals surface area contributed by atoms with Crippen LogP contribution in [0.1, 0.15) is 25.5 Å². The smallest absolute Gasteiger partial charge is 0.161 e. The third kappa shape index (κ3) is 2.82. The summed E-state index contributed by atoms with van der Waals surface area (Å²) < 4.78 is 5.04. The summed E-state index contributed by atoms with van der Waals surface area (Å²) in [5.74, 6) is 2.15. The maximum Gasteiger partial charge on any atom is 0.161 e. The first-order valence-electron chi connectivity index (χ1n) is 6.49. The Morgan fingerprint density at radius 3 is 2.50 bits per heavy atom. The van der Waals surface area contributed by atoms with E-state index in [4.69, 9.17) is 4.74 Å². The molecule has 1 aromatic heterocycles. The number of nitrogens with zero attached hydrogens (tertiary/aromatic N) is 2. The lowest BCUT2D eigenvalue weighted by Gasteiger charge is -2.11. The summed E-state index contributed by atoms with van der Waals surface area (Å²) in [5, 5.41) is 12.9. The zero-order chi connectivity index (χ0) is 14.7. The first-order chi connectivity index (χ1) is 9.55. The van der Waals surface area contributed by atoms with Crippen LogP contribution in [0.3, 0.4) is 0 Å². The van der Waals surface area contributed by atoms with Crippen LogP contribution in [0.25, 0.3) is 11.4 Å². The molecular weight excluding hydrogens is 254 g/mol. The third-order valence-electron chi connectivity index (χ3n) is 3.03. The van der Waals surface area contributed by atoms with E-state index in [1.807, 2.05) is 19.2 Å². The summed E-state index contributed by atoms with van der Waals surface area (Å²) in [6, 6.07) is 7.07. The maximum absolute atomic E-state index is 9.86. The molecule has 106 valence electrons. The average molecular weight is 273 g/mol. The standard InChI is InChI=1S/C15H19N3O2/c1-9(2)11-8-14(16-3)18-15(17-11)10-5-6-13(20-4)12(19)7-10/h5-9,19H,1-4H3,(H,16,17,18). The van der Waals surface area contributed by atoms with Crippen LogP contribution in [0, 0.1) is 0 Å². The lowest BCUT2D eigenvalue weighted by molar-refractivity contribution is 0.373. The second kappa shape index (κ2) is 5.77. The Morgan fingerprint density at radius 2 is 1.95 bits per heavy atom. The van der Waals surface area contributed by atoms with E-state index < -0.39 is 0 Å². The summed E-state index contributed by atoms with van der Waals surface area (Å²) in [7, 11) is 3.34. The SMILES string of the molecule is CNc1cc(C(C)C)nc(-c2ccc(OC)c(O)c2)n1. The Labute approximate surface area is 118 Å². The predicted molar refractivity (Wildman–Crippen MR) is 79.3 cm³/mol. The monoisotopic (exact) mass is 273 g/mol. The number of hydrogen-bond acceptors (Lipinski definition) is 5. The van der Waals surface area contributed by atoms with Crippen LogP contribution in [0.4, 0.5) is 5.82 Å². The van der Waals surface area contributed by atoms with E-state index in [2.05, 4.69) is 29.1 Å². The molecule has 1 heterocycles. The van der Waals surface area contributed by atoms with Gasteiger partial charge in [-0.2, -0.15) is 0 Å². The molecule has 2 rings (SSSR count). The molecule has 0 radical (unpaired) electrons. The van der Waals surface area contributed by atoms with Gasteiger partial charge >= 0.3 is 0 Å². The molecule has 0 amide bonds. The number of phenols is 1. The molecule has 0 bridgehead atoms. The zero-order valence-electron chi connectivity index (χ0n) is 12.1. The predicted octanol–water partition coefficient (Wildman–Crippen LogP) is 3.02. The minimum Gasteiger partial charge on any atom is -0.504 e. The molecule has 5 nitrogen and oxygen atoms in total. The van der Waals surface area contributed by atoms with Crippen molar-refractivity contribution in [3.63, 3.8) is 0 Å². The van der Waals surface area contributed by atoms with Crippen molar-refractivity contribution < 1.29 is 9.84 Å². The minimum absolute atomic E-state index is 0.0783. The van der Waals surface area contributed by atoms with Gasteiger partial charge in [-0.25, -0.2) is 9.97 Å². The highest BCUT2D eigenvalue weighted by Gasteiger charge is 2.11. The Hall–Kier alpha value is -2.30. The second-order valence-corrected chi connectivity index (χ2v) is 4.79. The first kappa shape index (κ1) is 14.1. The average Bonchev–Trinajstić information content (AvgIpc) is 2.46. The molecule has 0 saturated heterocycles. The largest absolute Gasteiger partial charge is 0.504 e. The Bertz CT molecular complexity index is 612.